The van der Waals surface area contributed by atoms with Gasteiger partial charge in [-0.25, -0.2) is 0 Å². The highest BCUT2D eigenvalue weighted by Crippen LogP contribution is 2.18. The lowest BCUT2D eigenvalue weighted by Gasteiger charge is -2.09. The van der Waals surface area contributed by atoms with E-state index in [0.29, 0.717) is 11.3 Å². The van der Waals surface area contributed by atoms with Gasteiger partial charge in [0.15, 0.2) is 0 Å². The molecule has 3 N–H and O–H groups in total. The molecule has 0 spiro atoms. The van der Waals surface area contributed by atoms with Crippen LogP contribution in [0.3, 0.4) is 0 Å². The van der Waals surface area contributed by atoms with Crippen molar-refractivity contribution in [2.75, 3.05) is 0 Å². The second kappa shape index (κ2) is 9.15. The van der Waals surface area contributed by atoms with E-state index in [9.17, 15) is 24.5 Å². The molecule has 152 valence electrons. The first kappa shape index (κ1) is 20.3. The van der Waals surface area contributed by atoms with Crippen LogP contribution in [0.25, 0.3) is 0 Å². The Morgan fingerprint density at radius 2 is 1.50 bits per heavy atom. The zero-order valence-corrected chi connectivity index (χ0v) is 15.5. The summed E-state index contributed by atoms with van der Waals surface area (Å²) in [5, 5.41) is 10.6. The summed E-state index contributed by atoms with van der Waals surface area (Å²) >= 11 is 0. The fraction of sp³-hybridized carbons (Fsp3) is 0.0500. The number of H-pyrrole nitrogens is 1. The predicted molar refractivity (Wildman–Crippen MR) is 106 cm³/mol. The number of nitro benzene ring substituents is 1. The molecule has 1 heterocycles. The molecule has 3 aromatic rings. The monoisotopic (exact) mass is 408 g/mol. The Morgan fingerprint density at radius 3 is 2.07 bits per heavy atom. The molecule has 0 aliphatic carbocycles. The van der Waals surface area contributed by atoms with Crippen molar-refractivity contribution in [1.29, 1.82) is 0 Å². The third-order valence-corrected chi connectivity index (χ3v) is 4.01. The molecular weight excluding hydrogens is 392 g/mol. The van der Waals surface area contributed by atoms with Crippen molar-refractivity contribution in [3.8, 4) is 5.75 Å². The Kier molecular flexibility index (Phi) is 6.18. The largest absolute Gasteiger partial charge is 0.489 e. The molecule has 0 fully saturated rings. The molecule has 0 saturated heterocycles. The molecule has 1 aromatic heterocycles. The molecule has 10 nitrogen and oxygen atoms in total. The van der Waals surface area contributed by atoms with Crippen molar-refractivity contribution in [3.05, 3.63) is 104 Å². The molecule has 0 unspecified atom stereocenters. The number of aromatic amines is 1. The predicted octanol–water partition coefficient (Wildman–Crippen LogP) is 1.94. The standard InChI is InChI=1S/C20H16N4O6/c25-18-10-5-15(11-21-18)20(27)23-22-19(26)14-3-1-13(2-4-14)12-30-17-8-6-16(7-9-17)24(28)29/h1-11H,12H2,(H,21,25)(H,22,26)(H,23,27). The van der Waals surface area contributed by atoms with Crippen molar-refractivity contribution in [1.82, 2.24) is 15.8 Å². The van der Waals surface area contributed by atoms with Gasteiger partial charge in [0.25, 0.3) is 17.5 Å². The number of pyridine rings is 1. The van der Waals surface area contributed by atoms with Gasteiger partial charge in [-0.2, -0.15) is 0 Å². The van der Waals surface area contributed by atoms with E-state index >= 15 is 0 Å². The Bertz CT molecular complexity index is 1100. The number of aromatic nitrogens is 1. The van der Waals surface area contributed by atoms with Gasteiger partial charge in [0.1, 0.15) is 12.4 Å². The highest BCUT2D eigenvalue weighted by molar-refractivity contribution is 5.98. The number of non-ortho nitro benzene ring substituents is 1. The minimum absolute atomic E-state index is 0.0228. The fourth-order valence-electron chi connectivity index (χ4n) is 2.39. The van der Waals surface area contributed by atoms with E-state index < -0.39 is 16.7 Å². The fourth-order valence-corrected chi connectivity index (χ4v) is 2.39. The first-order valence-electron chi connectivity index (χ1n) is 8.68. The van der Waals surface area contributed by atoms with Crippen LogP contribution in [-0.2, 0) is 6.61 Å². The number of rotatable bonds is 6. The third-order valence-electron chi connectivity index (χ3n) is 4.01. The maximum absolute atomic E-state index is 12.1. The van der Waals surface area contributed by atoms with Gasteiger partial charge in [-0.1, -0.05) is 12.1 Å². The first-order valence-corrected chi connectivity index (χ1v) is 8.68. The van der Waals surface area contributed by atoms with Gasteiger partial charge >= 0.3 is 0 Å². The van der Waals surface area contributed by atoms with Crippen molar-refractivity contribution < 1.29 is 19.2 Å². The number of nitro groups is 1. The highest BCUT2D eigenvalue weighted by Gasteiger charge is 2.10. The number of hydrogen-bond acceptors (Lipinski definition) is 6. The first-order chi connectivity index (χ1) is 14.4. The Balaban J connectivity index is 1.51. The van der Waals surface area contributed by atoms with Crippen LogP contribution in [0, 0.1) is 10.1 Å². The second-order valence-corrected chi connectivity index (χ2v) is 6.09. The summed E-state index contributed by atoms with van der Waals surface area (Å²) in [6.07, 6.45) is 1.24. The molecule has 2 amide bonds. The minimum Gasteiger partial charge on any atom is -0.489 e. The van der Waals surface area contributed by atoms with Gasteiger partial charge in [-0.05, 0) is 35.9 Å². The van der Waals surface area contributed by atoms with Crippen LogP contribution in [0.2, 0.25) is 0 Å². The van der Waals surface area contributed by atoms with Crippen molar-refractivity contribution in [2.45, 2.75) is 6.61 Å². The minimum atomic E-state index is -0.576. The number of carbonyl (C=O) groups excluding carboxylic acids is 2. The second-order valence-electron chi connectivity index (χ2n) is 6.09. The summed E-state index contributed by atoms with van der Waals surface area (Å²) in [5.74, 6) is -0.615. The van der Waals surface area contributed by atoms with Gasteiger partial charge in [0.2, 0.25) is 5.56 Å². The van der Waals surface area contributed by atoms with Gasteiger partial charge < -0.3 is 9.72 Å². The highest BCUT2D eigenvalue weighted by atomic mass is 16.6. The van der Waals surface area contributed by atoms with Gasteiger partial charge in [-0.15, -0.1) is 0 Å². The molecule has 0 atom stereocenters. The van der Waals surface area contributed by atoms with Crippen LogP contribution < -0.4 is 21.1 Å². The van der Waals surface area contributed by atoms with E-state index in [1.165, 1.54) is 42.6 Å². The van der Waals surface area contributed by atoms with Gasteiger partial charge in [0, 0.05) is 30.0 Å². The van der Waals surface area contributed by atoms with Crippen molar-refractivity contribution in [2.24, 2.45) is 0 Å². The maximum atomic E-state index is 12.1. The van der Waals surface area contributed by atoms with E-state index in [-0.39, 0.29) is 23.4 Å². The van der Waals surface area contributed by atoms with Crippen molar-refractivity contribution >= 4 is 17.5 Å². The summed E-state index contributed by atoms with van der Waals surface area (Å²) < 4.78 is 5.56. The quantitative estimate of drug-likeness (QED) is 0.420. The summed E-state index contributed by atoms with van der Waals surface area (Å²) in [6, 6.07) is 14.7. The topological polar surface area (TPSA) is 143 Å². The van der Waals surface area contributed by atoms with E-state index in [1.54, 1.807) is 24.3 Å². The van der Waals surface area contributed by atoms with Gasteiger partial charge in [-0.3, -0.25) is 35.3 Å². The van der Waals surface area contributed by atoms with Crippen molar-refractivity contribution in [3.63, 3.8) is 0 Å². The summed E-state index contributed by atoms with van der Waals surface area (Å²) in [6.45, 7) is 0.211. The van der Waals surface area contributed by atoms with Crippen LogP contribution in [0.5, 0.6) is 5.75 Å². The summed E-state index contributed by atoms with van der Waals surface area (Å²) in [7, 11) is 0. The zero-order valence-electron chi connectivity index (χ0n) is 15.5. The summed E-state index contributed by atoms with van der Waals surface area (Å²) in [5.41, 5.74) is 5.47. The maximum Gasteiger partial charge on any atom is 0.271 e. The molecule has 30 heavy (non-hydrogen) atoms. The van der Waals surface area contributed by atoms with Crippen LogP contribution in [0.4, 0.5) is 5.69 Å². The molecule has 3 rings (SSSR count). The SMILES string of the molecule is O=C(NNC(=O)c1ccc(=O)[nH]c1)c1ccc(COc2ccc([N+](=O)[O-])cc2)cc1. The lowest BCUT2D eigenvalue weighted by molar-refractivity contribution is -0.384. The average molecular weight is 408 g/mol. The molecule has 2 aromatic carbocycles. The number of hydrazine groups is 1. The van der Waals surface area contributed by atoms with Crippen LogP contribution in [0.15, 0.2) is 71.7 Å². The van der Waals surface area contributed by atoms with E-state index in [0.717, 1.165) is 5.56 Å². The third kappa shape index (κ3) is 5.29. The number of ether oxygens (including phenoxy) is 1. The number of nitrogens with one attached hydrogen (secondary N) is 3. The lowest BCUT2D eigenvalue weighted by Crippen LogP contribution is -2.41. The smallest absolute Gasteiger partial charge is 0.271 e. The van der Waals surface area contributed by atoms with E-state index in [1.807, 2.05) is 0 Å². The number of nitrogens with zero attached hydrogens (tertiary/aromatic N) is 1. The summed E-state index contributed by atoms with van der Waals surface area (Å²) in [4.78, 5) is 47.6. The Hall–Kier alpha value is -4.47. The normalized spacial score (nSPS) is 10.1. The number of benzene rings is 2. The lowest BCUT2D eigenvalue weighted by atomic mass is 10.1. The Morgan fingerprint density at radius 1 is 0.900 bits per heavy atom. The molecule has 0 aliphatic heterocycles. The number of carbonyl (C=O) groups is 2. The van der Waals surface area contributed by atoms with E-state index in [2.05, 4.69) is 15.8 Å². The molecular formula is C20H16N4O6. The molecule has 0 radical (unpaired) electrons. The average Bonchev–Trinajstić information content (AvgIpc) is 2.77. The molecule has 0 saturated carbocycles. The number of amides is 2. The van der Waals surface area contributed by atoms with Gasteiger partial charge in [0.05, 0.1) is 10.5 Å². The Labute approximate surface area is 169 Å². The molecule has 0 aliphatic rings. The molecule has 10 heteroatoms. The van der Waals surface area contributed by atoms with Crippen LogP contribution >= 0.6 is 0 Å². The zero-order chi connectivity index (χ0) is 21.5. The van der Waals surface area contributed by atoms with Crippen LogP contribution in [0.1, 0.15) is 26.3 Å². The van der Waals surface area contributed by atoms with E-state index in [4.69, 9.17) is 4.74 Å². The number of hydrogen-bond donors (Lipinski definition) is 3. The van der Waals surface area contributed by atoms with Crippen LogP contribution in [-0.4, -0.2) is 21.7 Å². The molecule has 0 bridgehead atoms.